The van der Waals surface area contributed by atoms with E-state index in [2.05, 4.69) is 60.7 Å². The normalized spacial score (nSPS) is 19.2. The van der Waals surface area contributed by atoms with Gasteiger partial charge in [-0.3, -0.25) is 9.59 Å². The first-order chi connectivity index (χ1) is 22.7. The van der Waals surface area contributed by atoms with Crippen molar-refractivity contribution in [3.63, 3.8) is 0 Å². The summed E-state index contributed by atoms with van der Waals surface area (Å²) in [6.07, 6.45) is 2.89. The third-order valence-electron chi connectivity index (χ3n) is 9.38. The number of hydrogen-bond acceptors (Lipinski definition) is 7. The van der Waals surface area contributed by atoms with Gasteiger partial charge in [0.2, 0.25) is 0 Å². The van der Waals surface area contributed by atoms with Crippen molar-refractivity contribution in [2.75, 3.05) is 13.2 Å². The van der Waals surface area contributed by atoms with Gasteiger partial charge in [-0.25, -0.2) is 0 Å². The van der Waals surface area contributed by atoms with Crippen LogP contribution in [0, 0.1) is 10.8 Å². The summed E-state index contributed by atoms with van der Waals surface area (Å²) in [6.45, 7) is 11.2. The van der Waals surface area contributed by atoms with Gasteiger partial charge >= 0.3 is 10.1 Å². The third kappa shape index (κ3) is 6.77. The van der Waals surface area contributed by atoms with Gasteiger partial charge in [0.25, 0.3) is 0 Å². The molecule has 252 valence electrons. The van der Waals surface area contributed by atoms with E-state index in [1.807, 2.05) is 25.1 Å². The minimum Gasteiger partial charge on any atom is -0.490 e. The summed E-state index contributed by atoms with van der Waals surface area (Å²) in [7, 11) is -4.18. The summed E-state index contributed by atoms with van der Waals surface area (Å²) >= 11 is 3.58. The maximum Gasteiger partial charge on any atom is 0.339 e. The highest BCUT2D eigenvalue weighted by molar-refractivity contribution is 9.10. The lowest BCUT2D eigenvalue weighted by Crippen LogP contribution is -2.45. The van der Waals surface area contributed by atoms with E-state index in [0.717, 1.165) is 17.8 Å². The Kier molecular flexibility index (Phi) is 9.24. The Bertz CT molecular complexity index is 1880. The summed E-state index contributed by atoms with van der Waals surface area (Å²) in [4.78, 5) is 30.9. The molecule has 0 spiro atoms. The molecule has 7 nitrogen and oxygen atoms in total. The molecule has 0 atom stereocenters. The van der Waals surface area contributed by atoms with Crippen LogP contribution in [0.15, 0.2) is 105 Å². The van der Waals surface area contributed by atoms with E-state index in [1.165, 1.54) is 17.7 Å². The Morgan fingerprint density at radius 3 is 1.90 bits per heavy atom. The summed E-state index contributed by atoms with van der Waals surface area (Å²) in [5.74, 6) is -0.336. The summed E-state index contributed by atoms with van der Waals surface area (Å²) in [5.41, 5.74) is 4.61. The second-order valence-corrected chi connectivity index (χ2v) is 16.9. The first-order valence-electron chi connectivity index (χ1n) is 16.5. The molecule has 0 bridgehead atoms. The highest BCUT2D eigenvalue weighted by Crippen LogP contribution is 2.55. The maximum absolute atomic E-state index is 14.3. The monoisotopic (exact) mass is 731 g/mol. The van der Waals surface area contributed by atoms with Gasteiger partial charge in [-0.2, -0.15) is 8.42 Å². The molecule has 6 rings (SSSR count). The van der Waals surface area contributed by atoms with Crippen molar-refractivity contribution in [3.05, 3.63) is 111 Å². The molecule has 0 N–H and O–H groups in total. The average Bonchev–Trinajstić information content (AvgIpc) is 3.01. The molecule has 1 heterocycles. The van der Waals surface area contributed by atoms with E-state index in [9.17, 15) is 18.0 Å². The fourth-order valence-electron chi connectivity index (χ4n) is 7.38. The van der Waals surface area contributed by atoms with Gasteiger partial charge in [0, 0.05) is 47.8 Å². The predicted octanol–water partition coefficient (Wildman–Crippen LogP) is 8.54. The average molecular weight is 733 g/mol. The largest absolute Gasteiger partial charge is 0.490 e. The smallest absolute Gasteiger partial charge is 0.339 e. The number of allylic oxidation sites excluding steroid dienone is 4. The van der Waals surface area contributed by atoms with E-state index >= 15 is 0 Å². The molecule has 0 radical (unpaired) electrons. The van der Waals surface area contributed by atoms with Crippen LogP contribution in [0.4, 0.5) is 0 Å². The van der Waals surface area contributed by atoms with Crippen LogP contribution in [0.1, 0.15) is 77.3 Å². The van der Waals surface area contributed by atoms with Gasteiger partial charge in [0.1, 0.15) is 4.90 Å². The number of nitrogens with zero attached hydrogens (tertiary/aromatic N) is 1. The molecule has 3 aliphatic rings. The standard InChI is InChI=1S/C39H42BrNO6S/c1-6-46-33-20-26(19-28(40)37(33)47-48(44,45)27-15-11-8-12-16-27)34-35-29(21-38(2,3)23-31(35)42)41(18-17-25-13-9-7-10-14-25)30-22-39(4,5)24-32(43)36(30)34/h7-16,19-20,34H,6,17-18,21-24H2,1-5H3. The molecule has 0 fully saturated rings. The van der Waals surface area contributed by atoms with Crippen molar-refractivity contribution in [1.82, 2.24) is 4.90 Å². The zero-order chi connectivity index (χ0) is 34.4. The Morgan fingerprint density at radius 2 is 1.35 bits per heavy atom. The zero-order valence-corrected chi connectivity index (χ0v) is 30.5. The summed E-state index contributed by atoms with van der Waals surface area (Å²) < 4.78 is 38.6. The van der Waals surface area contributed by atoms with E-state index in [0.29, 0.717) is 53.4 Å². The Hall–Kier alpha value is -3.69. The van der Waals surface area contributed by atoms with E-state index in [1.54, 1.807) is 30.3 Å². The third-order valence-corrected chi connectivity index (χ3v) is 11.2. The number of halogens is 1. The molecule has 0 saturated carbocycles. The molecule has 0 amide bonds. The molecule has 0 aromatic heterocycles. The molecule has 2 aliphatic carbocycles. The van der Waals surface area contributed by atoms with Gasteiger partial charge in [-0.05, 0) is 88.3 Å². The summed E-state index contributed by atoms with van der Waals surface area (Å²) in [5, 5.41) is 0. The van der Waals surface area contributed by atoms with Crippen LogP contribution in [0.2, 0.25) is 0 Å². The van der Waals surface area contributed by atoms with Gasteiger partial charge in [0.15, 0.2) is 23.1 Å². The van der Waals surface area contributed by atoms with Crippen molar-refractivity contribution >= 4 is 37.6 Å². The number of ether oxygens (including phenoxy) is 1. The van der Waals surface area contributed by atoms with Crippen molar-refractivity contribution in [3.8, 4) is 11.5 Å². The Morgan fingerprint density at radius 1 is 0.812 bits per heavy atom. The van der Waals surface area contributed by atoms with E-state index < -0.39 is 16.0 Å². The van der Waals surface area contributed by atoms with E-state index in [4.69, 9.17) is 8.92 Å². The molecule has 3 aromatic carbocycles. The highest BCUT2D eigenvalue weighted by Gasteiger charge is 2.49. The van der Waals surface area contributed by atoms with Crippen LogP contribution < -0.4 is 8.92 Å². The number of carbonyl (C=O) groups excluding carboxylic acids is 2. The summed E-state index contributed by atoms with van der Waals surface area (Å²) in [6, 6.07) is 21.7. The zero-order valence-electron chi connectivity index (χ0n) is 28.1. The topological polar surface area (TPSA) is 90.0 Å². The number of Topliss-reactive ketones (excluding diaryl/α,β-unsaturated/α-hetero) is 2. The van der Waals surface area contributed by atoms with E-state index in [-0.39, 0.29) is 45.4 Å². The first kappa shape index (κ1) is 34.2. The molecule has 9 heteroatoms. The van der Waals surface area contributed by atoms with Crippen molar-refractivity contribution < 1.29 is 26.9 Å². The van der Waals surface area contributed by atoms with Crippen LogP contribution in [-0.2, 0) is 26.1 Å². The number of ketones is 2. The van der Waals surface area contributed by atoms with Gasteiger partial charge in [-0.15, -0.1) is 0 Å². The molecule has 0 unspecified atom stereocenters. The number of hydrogen-bond donors (Lipinski definition) is 0. The minimum absolute atomic E-state index is 0.0142. The molecule has 1 aliphatic heterocycles. The van der Waals surface area contributed by atoms with Crippen molar-refractivity contribution in [2.24, 2.45) is 10.8 Å². The maximum atomic E-state index is 14.3. The van der Waals surface area contributed by atoms with Crippen molar-refractivity contribution in [2.45, 2.75) is 77.5 Å². The second kappa shape index (κ2) is 13.0. The molecular weight excluding hydrogens is 690 g/mol. The van der Waals surface area contributed by atoms with Crippen LogP contribution in [0.5, 0.6) is 11.5 Å². The minimum atomic E-state index is -4.18. The van der Waals surface area contributed by atoms with Gasteiger partial charge < -0.3 is 13.8 Å². The quantitative estimate of drug-likeness (QED) is 0.204. The fraction of sp³-hybridized carbons (Fsp3) is 0.385. The predicted molar refractivity (Wildman–Crippen MR) is 189 cm³/mol. The fourth-order valence-corrected chi connectivity index (χ4v) is 9.01. The van der Waals surface area contributed by atoms with Crippen LogP contribution >= 0.6 is 15.9 Å². The lowest BCUT2D eigenvalue weighted by Gasteiger charge is -2.49. The number of rotatable bonds is 9. The molecule has 48 heavy (non-hydrogen) atoms. The first-order valence-corrected chi connectivity index (χ1v) is 18.7. The molecule has 0 saturated heterocycles. The second-order valence-electron chi connectivity index (χ2n) is 14.5. The Labute approximate surface area is 292 Å². The molecule has 3 aromatic rings. The van der Waals surface area contributed by atoms with Crippen LogP contribution in [0.3, 0.4) is 0 Å². The number of carbonyl (C=O) groups is 2. The lowest BCUT2D eigenvalue weighted by molar-refractivity contribution is -0.119. The highest BCUT2D eigenvalue weighted by atomic mass is 79.9. The SMILES string of the molecule is CCOc1cc(C2C3=C(CC(C)(C)CC3=O)N(CCc3ccccc3)C3=C2C(=O)CC(C)(C)C3)cc(Br)c1OS(=O)(=O)c1ccccc1. The van der Waals surface area contributed by atoms with Crippen LogP contribution in [-0.4, -0.2) is 38.0 Å². The lowest BCUT2D eigenvalue weighted by atomic mass is 9.63. The Balaban J connectivity index is 1.52. The van der Waals surface area contributed by atoms with Crippen LogP contribution in [0.25, 0.3) is 0 Å². The molecular formula is C39H42BrNO6S. The van der Waals surface area contributed by atoms with Gasteiger partial charge in [0.05, 0.1) is 11.1 Å². The van der Waals surface area contributed by atoms with Crippen molar-refractivity contribution in [1.29, 1.82) is 0 Å². The number of benzene rings is 3. The van der Waals surface area contributed by atoms with Gasteiger partial charge in [-0.1, -0.05) is 76.2 Å².